The van der Waals surface area contributed by atoms with Gasteiger partial charge in [-0.2, -0.15) is 13.2 Å². The summed E-state index contributed by atoms with van der Waals surface area (Å²) in [5.74, 6) is 0. The smallest absolute Gasteiger partial charge is 0.391 e. The molecule has 1 aliphatic heterocycles. The van der Waals surface area contributed by atoms with E-state index in [-0.39, 0.29) is 4.47 Å². The van der Waals surface area contributed by atoms with E-state index in [1.807, 2.05) is 4.90 Å². The van der Waals surface area contributed by atoms with Crippen LogP contribution in [-0.4, -0.2) is 24.3 Å². The lowest BCUT2D eigenvalue weighted by Crippen LogP contribution is -2.38. The van der Waals surface area contributed by atoms with E-state index < -0.39 is 17.8 Å². The van der Waals surface area contributed by atoms with Gasteiger partial charge in [-0.25, -0.2) is 0 Å². The van der Waals surface area contributed by atoms with Crippen LogP contribution in [0.25, 0.3) is 0 Å². The fraction of sp³-hybridized carbons (Fsp3) is 0.500. The summed E-state index contributed by atoms with van der Waals surface area (Å²) in [6.07, 6.45) is -3.16. The molecular formula is C12H13BrF3NO. The first kappa shape index (κ1) is 13.7. The van der Waals surface area contributed by atoms with Crippen molar-refractivity contribution < 1.29 is 18.3 Å². The highest BCUT2D eigenvalue weighted by atomic mass is 79.9. The molecule has 1 fully saturated rings. The van der Waals surface area contributed by atoms with Gasteiger partial charge in [-0.3, -0.25) is 0 Å². The van der Waals surface area contributed by atoms with Gasteiger partial charge in [0.1, 0.15) is 0 Å². The Morgan fingerprint density at radius 1 is 1.33 bits per heavy atom. The number of aliphatic hydroxyl groups excluding tert-OH is 1. The second-order valence-electron chi connectivity index (χ2n) is 4.40. The minimum Gasteiger partial charge on any atom is -0.391 e. The third-order valence-corrected chi connectivity index (χ3v) is 3.68. The van der Waals surface area contributed by atoms with Gasteiger partial charge in [-0.05, 0) is 31.0 Å². The topological polar surface area (TPSA) is 23.5 Å². The fourth-order valence-electron chi connectivity index (χ4n) is 2.12. The molecule has 0 bridgehead atoms. The van der Waals surface area contributed by atoms with E-state index in [1.54, 1.807) is 0 Å². The monoisotopic (exact) mass is 323 g/mol. The Kier molecular flexibility index (Phi) is 3.87. The van der Waals surface area contributed by atoms with Crippen LogP contribution in [0.4, 0.5) is 18.9 Å². The van der Waals surface area contributed by atoms with Gasteiger partial charge in [0.15, 0.2) is 0 Å². The van der Waals surface area contributed by atoms with Crippen molar-refractivity contribution >= 4 is 21.6 Å². The number of alkyl halides is 3. The fourth-order valence-corrected chi connectivity index (χ4v) is 2.71. The lowest BCUT2D eigenvalue weighted by Gasteiger charge is -2.32. The molecular weight excluding hydrogens is 311 g/mol. The minimum absolute atomic E-state index is 0.0348. The zero-order valence-electron chi connectivity index (χ0n) is 9.54. The molecule has 1 unspecified atom stereocenters. The van der Waals surface area contributed by atoms with Gasteiger partial charge in [-0.1, -0.05) is 15.9 Å². The molecule has 2 nitrogen and oxygen atoms in total. The number of β-amino-alcohol motifs (C(OH)–C–C–N with tert-alkyl or cyclic N) is 1. The predicted molar refractivity (Wildman–Crippen MR) is 66.6 cm³/mol. The molecule has 18 heavy (non-hydrogen) atoms. The van der Waals surface area contributed by atoms with Crippen molar-refractivity contribution in [1.82, 2.24) is 0 Å². The van der Waals surface area contributed by atoms with E-state index in [2.05, 4.69) is 15.9 Å². The summed E-state index contributed by atoms with van der Waals surface area (Å²) in [6, 6.07) is 3.98. The lowest BCUT2D eigenvalue weighted by atomic mass is 10.1. The zero-order chi connectivity index (χ0) is 13.3. The molecule has 0 aliphatic carbocycles. The molecule has 1 aromatic carbocycles. The van der Waals surface area contributed by atoms with Crippen LogP contribution < -0.4 is 4.90 Å². The minimum atomic E-state index is -4.35. The summed E-state index contributed by atoms with van der Waals surface area (Å²) >= 11 is 2.96. The molecule has 0 saturated carbocycles. The molecule has 0 radical (unpaired) electrons. The number of nitrogens with zero attached hydrogens (tertiary/aromatic N) is 1. The third kappa shape index (κ3) is 2.98. The maximum absolute atomic E-state index is 12.6. The van der Waals surface area contributed by atoms with Gasteiger partial charge in [0, 0.05) is 23.2 Å². The number of piperidine rings is 1. The van der Waals surface area contributed by atoms with E-state index in [1.165, 1.54) is 12.1 Å². The largest absolute Gasteiger partial charge is 0.417 e. The Balaban J connectivity index is 2.23. The summed E-state index contributed by atoms with van der Waals surface area (Å²) in [5.41, 5.74) is 0.0254. The second-order valence-corrected chi connectivity index (χ2v) is 5.26. The maximum atomic E-state index is 12.6. The standard InChI is InChI=1S/C12H13BrF3NO/c13-11-6-8(3-4-10(11)12(14,15)16)17-5-1-2-9(18)7-17/h3-4,6,9,18H,1-2,5,7H2. The van der Waals surface area contributed by atoms with Gasteiger partial charge in [-0.15, -0.1) is 0 Å². The van der Waals surface area contributed by atoms with Gasteiger partial charge in [0.2, 0.25) is 0 Å². The summed E-state index contributed by atoms with van der Waals surface area (Å²) in [4.78, 5) is 1.90. The molecule has 2 rings (SSSR count). The average molecular weight is 324 g/mol. The number of halogens is 4. The first-order chi connectivity index (χ1) is 8.38. The Bertz CT molecular complexity index is 436. The highest BCUT2D eigenvalue weighted by Crippen LogP contribution is 2.37. The molecule has 6 heteroatoms. The van der Waals surface area contributed by atoms with Crippen molar-refractivity contribution in [3.63, 3.8) is 0 Å². The average Bonchev–Trinajstić information content (AvgIpc) is 2.27. The first-order valence-electron chi connectivity index (χ1n) is 5.67. The van der Waals surface area contributed by atoms with Crippen LogP contribution in [0.15, 0.2) is 22.7 Å². The van der Waals surface area contributed by atoms with Crippen LogP contribution >= 0.6 is 15.9 Å². The number of rotatable bonds is 1. The van der Waals surface area contributed by atoms with Crippen LogP contribution in [0.2, 0.25) is 0 Å². The molecule has 1 atom stereocenters. The SMILES string of the molecule is OC1CCCN(c2ccc(C(F)(F)F)c(Br)c2)C1. The van der Waals surface area contributed by atoms with E-state index in [9.17, 15) is 18.3 Å². The van der Waals surface area contributed by atoms with E-state index in [0.29, 0.717) is 12.2 Å². The molecule has 1 N–H and O–H groups in total. The molecule has 1 saturated heterocycles. The normalized spacial score (nSPS) is 21.2. The van der Waals surface area contributed by atoms with Crippen molar-refractivity contribution in [3.8, 4) is 0 Å². The number of hydrogen-bond acceptors (Lipinski definition) is 2. The maximum Gasteiger partial charge on any atom is 0.417 e. The van der Waals surface area contributed by atoms with Gasteiger partial charge in [0.05, 0.1) is 11.7 Å². The van der Waals surface area contributed by atoms with Crippen molar-refractivity contribution in [1.29, 1.82) is 0 Å². The summed E-state index contributed by atoms with van der Waals surface area (Å²) in [7, 11) is 0. The number of anilines is 1. The number of hydrogen-bond donors (Lipinski definition) is 1. The third-order valence-electron chi connectivity index (χ3n) is 3.02. The number of benzene rings is 1. The zero-order valence-corrected chi connectivity index (χ0v) is 11.1. The van der Waals surface area contributed by atoms with Gasteiger partial charge in [0.25, 0.3) is 0 Å². The Morgan fingerprint density at radius 2 is 2.06 bits per heavy atom. The first-order valence-corrected chi connectivity index (χ1v) is 6.47. The summed E-state index contributed by atoms with van der Waals surface area (Å²) in [5, 5.41) is 9.56. The predicted octanol–water partition coefficient (Wildman–Crippen LogP) is 3.43. The van der Waals surface area contributed by atoms with Crippen LogP contribution in [0.5, 0.6) is 0 Å². The molecule has 1 aliphatic rings. The van der Waals surface area contributed by atoms with E-state index in [4.69, 9.17) is 0 Å². The van der Waals surface area contributed by atoms with Crippen LogP contribution in [-0.2, 0) is 6.18 Å². The highest BCUT2D eigenvalue weighted by Gasteiger charge is 2.33. The van der Waals surface area contributed by atoms with E-state index >= 15 is 0 Å². The van der Waals surface area contributed by atoms with E-state index in [0.717, 1.165) is 25.5 Å². The van der Waals surface area contributed by atoms with Crippen LogP contribution in [0, 0.1) is 0 Å². The Morgan fingerprint density at radius 3 is 2.61 bits per heavy atom. The van der Waals surface area contributed by atoms with Crippen molar-refractivity contribution in [2.75, 3.05) is 18.0 Å². The van der Waals surface area contributed by atoms with Crippen LogP contribution in [0.3, 0.4) is 0 Å². The molecule has 0 aromatic heterocycles. The van der Waals surface area contributed by atoms with Crippen molar-refractivity contribution in [2.45, 2.75) is 25.1 Å². The van der Waals surface area contributed by atoms with Crippen molar-refractivity contribution in [2.24, 2.45) is 0 Å². The molecule has 0 spiro atoms. The van der Waals surface area contributed by atoms with Gasteiger partial charge < -0.3 is 10.0 Å². The molecule has 100 valence electrons. The molecule has 0 amide bonds. The van der Waals surface area contributed by atoms with Gasteiger partial charge >= 0.3 is 6.18 Å². The summed E-state index contributed by atoms with van der Waals surface area (Å²) in [6.45, 7) is 1.23. The van der Waals surface area contributed by atoms with Crippen molar-refractivity contribution in [3.05, 3.63) is 28.2 Å². The molecule has 1 heterocycles. The summed E-state index contributed by atoms with van der Waals surface area (Å²) < 4.78 is 37.8. The number of aliphatic hydroxyl groups is 1. The lowest BCUT2D eigenvalue weighted by molar-refractivity contribution is -0.138. The molecule has 1 aromatic rings. The second kappa shape index (κ2) is 5.09. The Labute approximate surface area is 112 Å². The quantitative estimate of drug-likeness (QED) is 0.856. The van der Waals surface area contributed by atoms with Crippen LogP contribution in [0.1, 0.15) is 18.4 Å². The highest BCUT2D eigenvalue weighted by molar-refractivity contribution is 9.10. The Hall–Kier alpha value is -0.750.